The van der Waals surface area contributed by atoms with Crippen molar-refractivity contribution in [2.24, 2.45) is 0 Å². The minimum Gasteiger partial charge on any atom is -0.341 e. The molecule has 144 valence electrons. The van der Waals surface area contributed by atoms with Crippen LogP contribution in [0.3, 0.4) is 0 Å². The van der Waals surface area contributed by atoms with Crippen molar-refractivity contribution < 1.29 is 4.79 Å². The molecule has 2 aromatic carbocycles. The van der Waals surface area contributed by atoms with Gasteiger partial charge in [-0.25, -0.2) is 0 Å². The van der Waals surface area contributed by atoms with Gasteiger partial charge in [0.1, 0.15) is 6.54 Å². The van der Waals surface area contributed by atoms with Crippen LogP contribution in [0.15, 0.2) is 58.1 Å². The Labute approximate surface area is 166 Å². The highest BCUT2D eigenvalue weighted by Crippen LogP contribution is 2.15. The quantitative estimate of drug-likeness (QED) is 0.635. The Bertz CT molecular complexity index is 1140. The van der Waals surface area contributed by atoms with E-state index in [1.54, 1.807) is 35.2 Å². The number of fused-ring (bicyclic) bond motifs is 1. The summed E-state index contributed by atoms with van der Waals surface area (Å²) in [6.45, 7) is 1.56. The van der Waals surface area contributed by atoms with Crippen LogP contribution in [-0.4, -0.2) is 33.0 Å². The van der Waals surface area contributed by atoms with Crippen LogP contribution >= 0.6 is 11.6 Å². The van der Waals surface area contributed by atoms with E-state index in [0.717, 1.165) is 18.4 Å². The van der Waals surface area contributed by atoms with Gasteiger partial charge >= 0.3 is 11.1 Å². The van der Waals surface area contributed by atoms with Crippen LogP contribution < -0.4 is 11.1 Å². The Hall–Kier alpha value is -2.86. The molecule has 0 N–H and O–H groups in total. The highest BCUT2D eigenvalue weighted by molar-refractivity contribution is 6.30. The fraction of sp³-hybridized carbons (Fsp3) is 0.286. The molecule has 0 saturated carbocycles. The fourth-order valence-corrected chi connectivity index (χ4v) is 3.78. The Morgan fingerprint density at radius 1 is 0.857 bits per heavy atom. The number of aromatic nitrogens is 2. The molecule has 0 atom stereocenters. The number of amides is 1. The molecule has 1 saturated heterocycles. The lowest BCUT2D eigenvalue weighted by Gasteiger charge is -2.18. The van der Waals surface area contributed by atoms with E-state index in [-0.39, 0.29) is 19.0 Å². The Kier molecular flexibility index (Phi) is 5.05. The highest BCUT2D eigenvalue weighted by atomic mass is 35.5. The number of halogens is 1. The van der Waals surface area contributed by atoms with Crippen LogP contribution in [0.1, 0.15) is 18.4 Å². The first-order valence-electron chi connectivity index (χ1n) is 9.29. The molecular formula is C21H20ClN3O3. The summed E-state index contributed by atoms with van der Waals surface area (Å²) in [5.74, 6) is -0.125. The third kappa shape index (κ3) is 3.47. The van der Waals surface area contributed by atoms with Crippen LogP contribution in [0.4, 0.5) is 0 Å². The van der Waals surface area contributed by atoms with Crippen LogP contribution in [0.25, 0.3) is 11.0 Å². The molecule has 28 heavy (non-hydrogen) atoms. The van der Waals surface area contributed by atoms with Crippen molar-refractivity contribution in [3.63, 3.8) is 0 Å². The number of nitrogens with zero attached hydrogens (tertiary/aromatic N) is 3. The first-order chi connectivity index (χ1) is 13.5. The summed E-state index contributed by atoms with van der Waals surface area (Å²) >= 11 is 5.93. The summed E-state index contributed by atoms with van der Waals surface area (Å²) in [6, 6.07) is 14.3. The average molecular weight is 398 g/mol. The first-order valence-corrected chi connectivity index (χ1v) is 9.67. The van der Waals surface area contributed by atoms with E-state index >= 15 is 0 Å². The molecule has 1 aliphatic heterocycles. The topological polar surface area (TPSA) is 64.3 Å². The molecule has 3 aromatic rings. The van der Waals surface area contributed by atoms with Crippen molar-refractivity contribution in [2.45, 2.75) is 25.9 Å². The molecule has 2 heterocycles. The number of rotatable bonds is 4. The Morgan fingerprint density at radius 2 is 1.43 bits per heavy atom. The summed E-state index contributed by atoms with van der Waals surface area (Å²) in [6.07, 6.45) is 1.95. The van der Waals surface area contributed by atoms with Gasteiger partial charge in [0.2, 0.25) is 5.91 Å². The number of hydrogen-bond acceptors (Lipinski definition) is 3. The fourth-order valence-electron chi connectivity index (χ4n) is 3.66. The lowest BCUT2D eigenvalue weighted by atomic mass is 10.2. The molecule has 1 fully saturated rings. The number of carbonyl (C=O) groups excluding carboxylic acids is 1. The predicted molar refractivity (Wildman–Crippen MR) is 109 cm³/mol. The summed E-state index contributed by atoms with van der Waals surface area (Å²) < 4.78 is 2.76. The SMILES string of the molecule is O=C(Cn1c(=O)c(=O)n(Cc2ccc(Cl)cc2)c2ccccc21)N1CCCC1. The Balaban J connectivity index is 1.79. The zero-order valence-electron chi connectivity index (χ0n) is 15.3. The number of likely N-dealkylation sites (tertiary alicyclic amines) is 1. The van der Waals surface area contributed by atoms with Gasteiger partial charge in [0, 0.05) is 18.1 Å². The molecular weight excluding hydrogens is 378 g/mol. The molecule has 0 bridgehead atoms. The lowest BCUT2D eigenvalue weighted by molar-refractivity contribution is -0.130. The van der Waals surface area contributed by atoms with Gasteiger partial charge in [-0.05, 0) is 42.7 Å². The van der Waals surface area contributed by atoms with Crippen molar-refractivity contribution in [3.05, 3.63) is 79.8 Å². The van der Waals surface area contributed by atoms with Crippen molar-refractivity contribution in [2.75, 3.05) is 13.1 Å². The molecule has 7 heteroatoms. The zero-order chi connectivity index (χ0) is 19.7. The molecule has 1 aromatic heterocycles. The van der Waals surface area contributed by atoms with Gasteiger partial charge in [-0.1, -0.05) is 35.9 Å². The van der Waals surface area contributed by atoms with E-state index < -0.39 is 11.1 Å². The van der Waals surface area contributed by atoms with Crippen molar-refractivity contribution in [1.29, 1.82) is 0 Å². The van der Waals surface area contributed by atoms with Gasteiger partial charge in [0.15, 0.2) is 0 Å². The number of para-hydroxylation sites is 2. The van der Waals surface area contributed by atoms with E-state index in [1.165, 1.54) is 9.13 Å². The second kappa shape index (κ2) is 7.64. The van der Waals surface area contributed by atoms with Crippen LogP contribution in [0.5, 0.6) is 0 Å². The summed E-state index contributed by atoms with van der Waals surface area (Å²) in [5.41, 5.74) is 0.745. The molecule has 1 aliphatic rings. The molecule has 1 amide bonds. The second-order valence-electron chi connectivity index (χ2n) is 6.99. The van der Waals surface area contributed by atoms with E-state index in [2.05, 4.69) is 0 Å². The normalized spacial score (nSPS) is 14.0. The van der Waals surface area contributed by atoms with Gasteiger partial charge in [0.25, 0.3) is 0 Å². The molecule has 0 aliphatic carbocycles. The van der Waals surface area contributed by atoms with E-state index in [4.69, 9.17) is 11.6 Å². The maximum absolute atomic E-state index is 12.9. The maximum Gasteiger partial charge on any atom is 0.317 e. The second-order valence-corrected chi connectivity index (χ2v) is 7.42. The van der Waals surface area contributed by atoms with Crippen LogP contribution in [0.2, 0.25) is 5.02 Å². The van der Waals surface area contributed by atoms with Crippen molar-refractivity contribution >= 4 is 28.5 Å². The minimum atomic E-state index is -0.680. The minimum absolute atomic E-state index is 0.115. The summed E-state index contributed by atoms with van der Waals surface area (Å²) in [7, 11) is 0. The van der Waals surface area contributed by atoms with Crippen molar-refractivity contribution in [3.8, 4) is 0 Å². The number of benzene rings is 2. The van der Waals surface area contributed by atoms with Crippen LogP contribution in [-0.2, 0) is 17.9 Å². The third-order valence-electron chi connectivity index (χ3n) is 5.14. The van der Waals surface area contributed by atoms with Gasteiger partial charge in [-0.15, -0.1) is 0 Å². The molecule has 0 radical (unpaired) electrons. The average Bonchev–Trinajstić information content (AvgIpc) is 3.25. The highest BCUT2D eigenvalue weighted by Gasteiger charge is 2.21. The van der Waals surface area contributed by atoms with Gasteiger partial charge < -0.3 is 4.90 Å². The third-order valence-corrected chi connectivity index (χ3v) is 5.39. The number of carbonyl (C=O) groups is 1. The number of hydrogen-bond donors (Lipinski definition) is 0. The smallest absolute Gasteiger partial charge is 0.317 e. The van der Waals surface area contributed by atoms with E-state index in [9.17, 15) is 14.4 Å². The molecule has 0 spiro atoms. The maximum atomic E-state index is 12.9. The van der Waals surface area contributed by atoms with Gasteiger partial charge in [-0.3, -0.25) is 23.5 Å². The monoisotopic (exact) mass is 397 g/mol. The Morgan fingerprint density at radius 3 is 2.07 bits per heavy atom. The summed E-state index contributed by atoms with van der Waals surface area (Å²) in [5, 5.41) is 0.608. The zero-order valence-corrected chi connectivity index (χ0v) is 16.1. The largest absolute Gasteiger partial charge is 0.341 e. The molecule has 6 nitrogen and oxygen atoms in total. The standard InChI is InChI=1S/C21H20ClN3O3/c22-16-9-7-15(8-10-16)13-24-17-5-1-2-6-18(17)25(21(28)20(24)27)14-19(26)23-11-3-4-12-23/h1-2,5-10H,3-4,11-14H2. The molecule has 4 rings (SSSR count). The molecule has 0 unspecified atom stereocenters. The summed E-state index contributed by atoms with van der Waals surface area (Å²) in [4.78, 5) is 40.0. The lowest BCUT2D eigenvalue weighted by Crippen LogP contribution is -2.44. The predicted octanol–water partition coefficient (Wildman–Crippen LogP) is 2.49. The van der Waals surface area contributed by atoms with Gasteiger partial charge in [0.05, 0.1) is 17.6 Å². The van der Waals surface area contributed by atoms with E-state index in [0.29, 0.717) is 29.1 Å². The first kappa shape index (κ1) is 18.5. The van der Waals surface area contributed by atoms with Crippen molar-refractivity contribution in [1.82, 2.24) is 14.0 Å². The van der Waals surface area contributed by atoms with Gasteiger partial charge in [-0.2, -0.15) is 0 Å². The van der Waals surface area contributed by atoms with Crippen LogP contribution in [0, 0.1) is 0 Å². The van der Waals surface area contributed by atoms with E-state index in [1.807, 2.05) is 18.2 Å².